The van der Waals surface area contributed by atoms with E-state index in [9.17, 15) is 0 Å². The first kappa shape index (κ1) is 12.8. The van der Waals surface area contributed by atoms with Crippen LogP contribution in [0, 0.1) is 0 Å². The maximum Gasteiger partial charge on any atom is 0.0254 e. The molecule has 0 nitrogen and oxygen atoms in total. The molecule has 0 aliphatic heterocycles. The Labute approximate surface area is 124 Å². The van der Waals surface area contributed by atoms with Gasteiger partial charge in [-0.1, -0.05) is 76.6 Å². The summed E-state index contributed by atoms with van der Waals surface area (Å²) in [5, 5.41) is 1.23. The van der Waals surface area contributed by atoms with Crippen molar-refractivity contribution in [3.05, 3.63) is 76.8 Å². The summed E-state index contributed by atoms with van der Waals surface area (Å²) < 4.78 is 1.14. The maximum absolute atomic E-state index is 3.66. The van der Waals surface area contributed by atoms with Crippen LogP contribution in [0.3, 0.4) is 0 Å². The molecule has 0 N–H and O–H groups in total. The van der Waals surface area contributed by atoms with Gasteiger partial charge in [-0.25, -0.2) is 0 Å². The summed E-state index contributed by atoms with van der Waals surface area (Å²) in [6, 6.07) is 14.9. The third kappa shape index (κ3) is 2.45. The summed E-state index contributed by atoms with van der Waals surface area (Å²) in [7, 11) is 2.85. The van der Waals surface area contributed by atoms with Crippen LogP contribution >= 0.6 is 25.2 Å². The Morgan fingerprint density at radius 2 is 1.63 bits per heavy atom. The van der Waals surface area contributed by atoms with Crippen molar-refractivity contribution in [3.8, 4) is 11.1 Å². The van der Waals surface area contributed by atoms with Crippen molar-refractivity contribution in [2.45, 2.75) is 5.92 Å². The molecular formula is C17H14BrP. The topological polar surface area (TPSA) is 0 Å². The van der Waals surface area contributed by atoms with Crippen LogP contribution in [0.25, 0.3) is 11.1 Å². The van der Waals surface area contributed by atoms with Gasteiger partial charge in [0.25, 0.3) is 0 Å². The van der Waals surface area contributed by atoms with Gasteiger partial charge in [0.1, 0.15) is 0 Å². The Morgan fingerprint density at radius 1 is 0.895 bits per heavy atom. The van der Waals surface area contributed by atoms with Crippen LogP contribution in [0.1, 0.15) is 11.5 Å². The minimum atomic E-state index is 0.377. The van der Waals surface area contributed by atoms with E-state index in [-0.39, 0.29) is 0 Å². The molecule has 1 atom stereocenters. The lowest BCUT2D eigenvalue weighted by Gasteiger charge is -2.17. The fraction of sp³-hybridized carbons (Fsp3) is 0.0588. The van der Waals surface area contributed by atoms with E-state index in [1.807, 2.05) is 6.07 Å². The van der Waals surface area contributed by atoms with Crippen LogP contribution in [-0.2, 0) is 0 Å². The van der Waals surface area contributed by atoms with E-state index in [1.165, 1.54) is 22.0 Å². The third-order valence-corrected chi connectivity index (χ3v) is 4.55. The van der Waals surface area contributed by atoms with E-state index in [1.54, 1.807) is 0 Å². The summed E-state index contributed by atoms with van der Waals surface area (Å²) in [4.78, 5) is 0. The van der Waals surface area contributed by atoms with E-state index < -0.39 is 0 Å². The summed E-state index contributed by atoms with van der Waals surface area (Å²) in [5.41, 5.74) is 3.90. The Morgan fingerprint density at radius 3 is 2.37 bits per heavy atom. The minimum absolute atomic E-state index is 0.377. The van der Waals surface area contributed by atoms with Crippen molar-refractivity contribution in [2.24, 2.45) is 0 Å². The molecule has 0 radical (unpaired) electrons. The average molecular weight is 329 g/mol. The number of allylic oxidation sites excluding steroid dienone is 4. The molecule has 0 spiro atoms. The molecule has 2 aromatic carbocycles. The molecule has 0 fully saturated rings. The Hall–Kier alpha value is -1.17. The number of benzene rings is 2. The molecule has 1 aliphatic carbocycles. The van der Waals surface area contributed by atoms with Crippen LogP contribution in [0.15, 0.2) is 71.2 Å². The van der Waals surface area contributed by atoms with Gasteiger partial charge in [0.15, 0.2) is 0 Å². The molecule has 0 aromatic heterocycles. The average Bonchev–Trinajstić information content (AvgIpc) is 2.93. The number of hydrogen-bond donors (Lipinski definition) is 0. The second-order valence-corrected chi connectivity index (χ2v) is 6.06. The fourth-order valence-electron chi connectivity index (χ4n) is 2.48. The number of rotatable bonds is 2. The quantitative estimate of drug-likeness (QED) is 0.693. The van der Waals surface area contributed by atoms with Crippen LogP contribution in [0.5, 0.6) is 0 Å². The van der Waals surface area contributed by atoms with Gasteiger partial charge < -0.3 is 0 Å². The molecule has 1 unspecified atom stereocenters. The van der Waals surface area contributed by atoms with Crippen LogP contribution in [0.2, 0.25) is 0 Å². The SMILES string of the molecule is Pc1cccc(C2C=CC=C2)c1-c1ccccc1Br. The highest BCUT2D eigenvalue weighted by Crippen LogP contribution is 2.35. The normalized spacial score (nSPS) is 14.2. The van der Waals surface area contributed by atoms with E-state index >= 15 is 0 Å². The third-order valence-electron chi connectivity index (χ3n) is 3.38. The molecular weight excluding hydrogens is 315 g/mol. The molecule has 2 heteroatoms. The fourth-order valence-corrected chi connectivity index (χ4v) is 3.40. The van der Waals surface area contributed by atoms with Crippen LogP contribution in [0.4, 0.5) is 0 Å². The smallest absolute Gasteiger partial charge is 0.0254 e. The second kappa shape index (κ2) is 5.45. The highest BCUT2D eigenvalue weighted by Gasteiger charge is 2.16. The van der Waals surface area contributed by atoms with E-state index in [0.717, 1.165) is 4.47 Å². The Kier molecular flexibility index (Phi) is 3.68. The molecule has 0 heterocycles. The van der Waals surface area contributed by atoms with Gasteiger partial charge in [-0.05, 0) is 28.1 Å². The minimum Gasteiger partial charge on any atom is -0.105 e. The summed E-state index contributed by atoms with van der Waals surface area (Å²) in [5.74, 6) is 0.377. The van der Waals surface area contributed by atoms with Gasteiger partial charge in [0, 0.05) is 10.4 Å². The standard InChI is InChI=1S/C17H14BrP/c18-15-10-4-3-8-14(15)17-13(9-5-11-16(17)19)12-6-1-2-7-12/h1-12H,19H2. The number of halogens is 1. The molecule has 1 aliphatic rings. The molecule has 2 aromatic rings. The highest BCUT2D eigenvalue weighted by molar-refractivity contribution is 9.10. The van der Waals surface area contributed by atoms with E-state index in [2.05, 4.69) is 85.9 Å². The first-order valence-corrected chi connectivity index (χ1v) is 7.62. The summed E-state index contributed by atoms with van der Waals surface area (Å²) >= 11 is 3.66. The zero-order valence-corrected chi connectivity index (χ0v) is 13.1. The zero-order chi connectivity index (χ0) is 13.2. The van der Waals surface area contributed by atoms with Gasteiger partial charge >= 0.3 is 0 Å². The van der Waals surface area contributed by atoms with E-state index in [4.69, 9.17) is 0 Å². The van der Waals surface area contributed by atoms with Gasteiger partial charge in [-0.15, -0.1) is 9.24 Å². The predicted molar refractivity (Wildman–Crippen MR) is 89.9 cm³/mol. The zero-order valence-electron chi connectivity index (χ0n) is 10.4. The van der Waals surface area contributed by atoms with E-state index in [0.29, 0.717) is 5.92 Å². The highest BCUT2D eigenvalue weighted by atomic mass is 79.9. The van der Waals surface area contributed by atoms with Crippen molar-refractivity contribution < 1.29 is 0 Å². The van der Waals surface area contributed by atoms with Gasteiger partial charge in [-0.3, -0.25) is 0 Å². The second-order valence-electron chi connectivity index (χ2n) is 4.59. The lowest BCUT2D eigenvalue weighted by molar-refractivity contribution is 1.11. The first-order valence-electron chi connectivity index (χ1n) is 6.25. The van der Waals surface area contributed by atoms with Crippen LogP contribution < -0.4 is 5.30 Å². The molecule has 94 valence electrons. The van der Waals surface area contributed by atoms with Crippen molar-refractivity contribution in [1.82, 2.24) is 0 Å². The van der Waals surface area contributed by atoms with Crippen LogP contribution in [-0.4, -0.2) is 0 Å². The molecule has 0 saturated carbocycles. The predicted octanol–water partition coefficient (Wildman–Crippen LogP) is 4.83. The van der Waals surface area contributed by atoms with Gasteiger partial charge in [0.05, 0.1) is 0 Å². The van der Waals surface area contributed by atoms with Gasteiger partial charge in [-0.2, -0.15) is 0 Å². The molecule has 0 amide bonds. The summed E-state index contributed by atoms with van der Waals surface area (Å²) in [6.45, 7) is 0. The Bertz CT molecular complexity index is 659. The Balaban J connectivity index is 2.23. The summed E-state index contributed by atoms with van der Waals surface area (Å²) in [6.07, 6.45) is 8.70. The first-order chi connectivity index (χ1) is 9.27. The lowest BCUT2D eigenvalue weighted by atomic mass is 9.91. The number of hydrogen-bond acceptors (Lipinski definition) is 0. The largest absolute Gasteiger partial charge is 0.105 e. The molecule has 0 saturated heterocycles. The van der Waals surface area contributed by atoms with Crippen molar-refractivity contribution >= 4 is 30.5 Å². The van der Waals surface area contributed by atoms with Crippen molar-refractivity contribution in [1.29, 1.82) is 0 Å². The lowest BCUT2D eigenvalue weighted by Crippen LogP contribution is -2.04. The maximum atomic E-state index is 3.66. The monoisotopic (exact) mass is 328 g/mol. The molecule has 19 heavy (non-hydrogen) atoms. The van der Waals surface area contributed by atoms with Crippen molar-refractivity contribution in [3.63, 3.8) is 0 Å². The molecule has 3 rings (SSSR count). The van der Waals surface area contributed by atoms with Gasteiger partial charge in [0.2, 0.25) is 0 Å². The molecule has 0 bridgehead atoms. The van der Waals surface area contributed by atoms with Crippen molar-refractivity contribution in [2.75, 3.05) is 0 Å².